The molecule has 0 fully saturated rings. The first-order valence-corrected chi connectivity index (χ1v) is 9.16. The maximum atomic E-state index is 12.2. The maximum Gasteiger partial charge on any atom is 0.262 e. The molecular formula is C19H19N3O3S. The number of amides is 2. The lowest BCUT2D eigenvalue weighted by molar-refractivity contribution is -0.118. The number of hydrogen-bond donors (Lipinski definition) is 2. The van der Waals surface area contributed by atoms with E-state index in [0.29, 0.717) is 27.8 Å². The molecule has 0 bridgehead atoms. The number of nitrogens with zero attached hydrogens (tertiary/aromatic N) is 1. The molecular weight excluding hydrogens is 350 g/mol. The van der Waals surface area contributed by atoms with Gasteiger partial charge in [-0.05, 0) is 55.0 Å². The van der Waals surface area contributed by atoms with Gasteiger partial charge < -0.3 is 15.8 Å². The van der Waals surface area contributed by atoms with E-state index in [1.54, 1.807) is 24.3 Å². The van der Waals surface area contributed by atoms with Gasteiger partial charge in [-0.1, -0.05) is 6.92 Å². The average molecular weight is 369 g/mol. The number of primary amides is 1. The zero-order valence-electron chi connectivity index (χ0n) is 14.4. The number of nitrogens with one attached hydrogen (secondary N) is 1. The number of thiophene rings is 1. The summed E-state index contributed by atoms with van der Waals surface area (Å²) in [5.74, 6) is 0.183. The van der Waals surface area contributed by atoms with Crippen LogP contribution in [0.4, 0.5) is 5.00 Å². The highest BCUT2D eigenvalue weighted by molar-refractivity contribution is 7.17. The van der Waals surface area contributed by atoms with Crippen LogP contribution in [0.25, 0.3) is 0 Å². The van der Waals surface area contributed by atoms with Crippen LogP contribution in [0.5, 0.6) is 5.75 Å². The Bertz CT molecular complexity index is 881. The predicted octanol–water partition coefficient (Wildman–Crippen LogP) is 2.86. The summed E-state index contributed by atoms with van der Waals surface area (Å²) < 4.78 is 5.43. The number of nitrogens with two attached hydrogens (primary N) is 1. The van der Waals surface area contributed by atoms with Crippen LogP contribution >= 0.6 is 11.3 Å². The summed E-state index contributed by atoms with van der Waals surface area (Å²) in [4.78, 5) is 25.2. The SMILES string of the molecule is C[C@H]1CCc2c(sc(NC(=O)COc3ccc(C#N)cc3)c2C(N)=O)C1. The Hall–Kier alpha value is -2.85. The lowest BCUT2D eigenvalue weighted by Crippen LogP contribution is -2.22. The van der Waals surface area contributed by atoms with E-state index in [1.807, 2.05) is 6.07 Å². The summed E-state index contributed by atoms with van der Waals surface area (Å²) in [7, 11) is 0. The van der Waals surface area contributed by atoms with Crippen molar-refractivity contribution in [2.75, 3.05) is 11.9 Å². The molecule has 0 aliphatic heterocycles. The molecule has 0 saturated heterocycles. The number of fused-ring (bicyclic) bond motifs is 1. The fraction of sp³-hybridized carbons (Fsp3) is 0.316. The molecule has 2 amide bonds. The van der Waals surface area contributed by atoms with Crippen molar-refractivity contribution in [3.8, 4) is 11.8 Å². The monoisotopic (exact) mass is 369 g/mol. The molecule has 0 unspecified atom stereocenters. The summed E-state index contributed by atoms with van der Waals surface area (Å²) in [5.41, 5.74) is 7.47. The summed E-state index contributed by atoms with van der Waals surface area (Å²) in [6.45, 7) is 1.99. The third-order valence-electron chi connectivity index (χ3n) is 4.36. The highest BCUT2D eigenvalue weighted by Crippen LogP contribution is 2.39. The molecule has 0 spiro atoms. The first-order valence-electron chi connectivity index (χ1n) is 8.35. The van der Waals surface area contributed by atoms with Crippen molar-refractivity contribution in [1.29, 1.82) is 5.26 Å². The Kier molecular flexibility index (Phi) is 5.24. The number of ether oxygens (including phenoxy) is 1. The van der Waals surface area contributed by atoms with Crippen LogP contribution in [0, 0.1) is 17.2 Å². The molecule has 1 aromatic heterocycles. The molecule has 134 valence electrons. The third-order valence-corrected chi connectivity index (χ3v) is 5.53. The molecule has 0 radical (unpaired) electrons. The minimum Gasteiger partial charge on any atom is -0.484 e. The van der Waals surface area contributed by atoms with Crippen molar-refractivity contribution in [2.45, 2.75) is 26.2 Å². The second-order valence-corrected chi connectivity index (χ2v) is 7.50. The fourth-order valence-electron chi connectivity index (χ4n) is 3.04. The van der Waals surface area contributed by atoms with Gasteiger partial charge in [0.1, 0.15) is 10.8 Å². The summed E-state index contributed by atoms with van der Waals surface area (Å²) in [5, 5.41) is 12.0. The number of benzene rings is 1. The van der Waals surface area contributed by atoms with E-state index in [2.05, 4.69) is 12.2 Å². The number of nitriles is 1. The lowest BCUT2D eigenvalue weighted by Gasteiger charge is -2.18. The molecule has 26 heavy (non-hydrogen) atoms. The molecule has 1 aliphatic carbocycles. The molecule has 7 heteroatoms. The van der Waals surface area contributed by atoms with Crippen molar-refractivity contribution in [3.05, 3.63) is 45.8 Å². The fourth-order valence-corrected chi connectivity index (χ4v) is 4.47. The number of carbonyl (C=O) groups excluding carboxylic acids is 2. The average Bonchev–Trinajstić information content (AvgIpc) is 2.97. The number of hydrogen-bond acceptors (Lipinski definition) is 5. The second kappa shape index (κ2) is 7.58. The summed E-state index contributed by atoms with van der Waals surface area (Å²) in [6, 6.07) is 8.52. The zero-order chi connectivity index (χ0) is 18.7. The van der Waals surface area contributed by atoms with Crippen molar-refractivity contribution < 1.29 is 14.3 Å². The predicted molar refractivity (Wildman–Crippen MR) is 99.3 cm³/mol. The van der Waals surface area contributed by atoms with Gasteiger partial charge in [0.25, 0.3) is 11.8 Å². The van der Waals surface area contributed by atoms with E-state index in [1.165, 1.54) is 11.3 Å². The van der Waals surface area contributed by atoms with Gasteiger partial charge in [0.15, 0.2) is 6.61 Å². The topological polar surface area (TPSA) is 105 Å². The quantitative estimate of drug-likeness (QED) is 0.845. The van der Waals surface area contributed by atoms with Gasteiger partial charge in [0.05, 0.1) is 17.2 Å². The van der Waals surface area contributed by atoms with Crippen LogP contribution < -0.4 is 15.8 Å². The van der Waals surface area contributed by atoms with Crippen molar-refractivity contribution in [1.82, 2.24) is 0 Å². The minimum absolute atomic E-state index is 0.191. The van der Waals surface area contributed by atoms with Crippen molar-refractivity contribution in [3.63, 3.8) is 0 Å². The molecule has 1 atom stereocenters. The Morgan fingerprint density at radius 1 is 1.38 bits per heavy atom. The van der Waals surface area contributed by atoms with Crippen LogP contribution in [-0.4, -0.2) is 18.4 Å². The van der Waals surface area contributed by atoms with Crippen LogP contribution in [0.2, 0.25) is 0 Å². The zero-order valence-corrected chi connectivity index (χ0v) is 15.2. The van der Waals surface area contributed by atoms with Gasteiger partial charge in [-0.2, -0.15) is 5.26 Å². The molecule has 1 heterocycles. The number of anilines is 1. The molecule has 6 nitrogen and oxygen atoms in total. The summed E-state index contributed by atoms with van der Waals surface area (Å²) in [6.07, 6.45) is 2.72. The summed E-state index contributed by atoms with van der Waals surface area (Å²) >= 11 is 1.42. The van der Waals surface area contributed by atoms with Gasteiger partial charge in [-0.25, -0.2) is 0 Å². The highest BCUT2D eigenvalue weighted by atomic mass is 32.1. The Labute approximate surface area is 155 Å². The maximum absolute atomic E-state index is 12.2. The van der Waals surface area contributed by atoms with Crippen LogP contribution in [0.1, 0.15) is 39.7 Å². The van der Waals surface area contributed by atoms with Crippen molar-refractivity contribution in [2.24, 2.45) is 11.7 Å². The van der Waals surface area contributed by atoms with Gasteiger partial charge in [-0.3, -0.25) is 9.59 Å². The van der Waals surface area contributed by atoms with Gasteiger partial charge in [0, 0.05) is 4.88 Å². The normalized spacial score (nSPS) is 15.6. The number of carbonyl (C=O) groups is 2. The lowest BCUT2D eigenvalue weighted by atomic mass is 9.88. The highest BCUT2D eigenvalue weighted by Gasteiger charge is 2.27. The molecule has 2 aromatic rings. The van der Waals surface area contributed by atoms with E-state index < -0.39 is 5.91 Å². The van der Waals surface area contributed by atoms with E-state index >= 15 is 0 Å². The molecule has 3 rings (SSSR count). The molecule has 3 N–H and O–H groups in total. The van der Waals surface area contributed by atoms with Crippen LogP contribution in [0.3, 0.4) is 0 Å². The first kappa shape index (κ1) is 18.0. The third kappa shape index (κ3) is 3.86. The largest absolute Gasteiger partial charge is 0.484 e. The van der Waals surface area contributed by atoms with Crippen LogP contribution in [0.15, 0.2) is 24.3 Å². The minimum atomic E-state index is -0.514. The Balaban J connectivity index is 1.69. The van der Waals surface area contributed by atoms with Crippen molar-refractivity contribution >= 4 is 28.2 Å². The number of rotatable bonds is 5. The van der Waals surface area contributed by atoms with Gasteiger partial charge in [0.2, 0.25) is 0 Å². The van der Waals surface area contributed by atoms with E-state index in [-0.39, 0.29) is 12.5 Å². The van der Waals surface area contributed by atoms with E-state index in [9.17, 15) is 9.59 Å². The molecule has 1 aromatic carbocycles. The van der Waals surface area contributed by atoms with E-state index in [0.717, 1.165) is 29.7 Å². The second-order valence-electron chi connectivity index (χ2n) is 6.39. The smallest absolute Gasteiger partial charge is 0.262 e. The van der Waals surface area contributed by atoms with Gasteiger partial charge in [-0.15, -0.1) is 11.3 Å². The standard InChI is InChI=1S/C19H19N3O3S/c1-11-2-7-14-15(8-11)26-19(17(14)18(21)24)22-16(23)10-25-13-5-3-12(9-20)4-6-13/h3-6,11H,2,7-8,10H2,1H3,(H2,21,24)(H,22,23)/t11-/m0/s1. The first-order chi connectivity index (χ1) is 12.5. The Morgan fingerprint density at radius 3 is 2.77 bits per heavy atom. The van der Waals surface area contributed by atoms with Gasteiger partial charge >= 0.3 is 0 Å². The molecule has 0 saturated carbocycles. The molecule has 1 aliphatic rings. The Morgan fingerprint density at radius 2 is 2.12 bits per heavy atom. The van der Waals surface area contributed by atoms with E-state index in [4.69, 9.17) is 15.7 Å². The van der Waals surface area contributed by atoms with Crippen LogP contribution in [-0.2, 0) is 17.6 Å².